The van der Waals surface area contributed by atoms with Crippen LogP contribution in [-0.4, -0.2) is 8.76 Å². The van der Waals surface area contributed by atoms with Gasteiger partial charge in [-0.2, -0.15) is 5.26 Å². The highest BCUT2D eigenvalue weighted by Gasteiger charge is 2.02. The minimum Gasteiger partial charge on any atom is -0.768 e. The first-order chi connectivity index (χ1) is 5.65. The Bertz CT molecular complexity index is 372. The molecule has 1 atom stereocenters. The maximum absolute atomic E-state index is 10.5. The summed E-state index contributed by atoms with van der Waals surface area (Å²) in [6.45, 7) is 0. The van der Waals surface area contributed by atoms with E-state index < -0.39 is 11.1 Å². The molecule has 1 rings (SSSR count). The Labute approximate surface area is 76.9 Å². The third-order valence-corrected chi connectivity index (χ3v) is 2.18. The lowest BCUT2D eigenvalue weighted by Crippen LogP contribution is -1.92. The molecule has 5 heteroatoms. The Balaban J connectivity index is 3.34. The van der Waals surface area contributed by atoms with Crippen molar-refractivity contribution in [3.8, 4) is 6.07 Å². The van der Waals surface area contributed by atoms with E-state index in [2.05, 4.69) is 0 Å². The fraction of sp³-hybridized carbons (Fsp3) is 0. The van der Waals surface area contributed by atoms with Gasteiger partial charge in [0.05, 0.1) is 5.56 Å². The number of nitrogens with zero attached hydrogens (tertiary/aromatic N) is 1. The van der Waals surface area contributed by atoms with E-state index >= 15 is 0 Å². The zero-order chi connectivity index (χ0) is 9.14. The van der Waals surface area contributed by atoms with Crippen molar-refractivity contribution in [2.75, 3.05) is 0 Å². The monoisotopic (exact) mass is 200 g/mol. The molecule has 0 heterocycles. The van der Waals surface area contributed by atoms with Gasteiger partial charge in [0, 0.05) is 9.92 Å². The number of nitriles is 1. The molecule has 0 fully saturated rings. The van der Waals surface area contributed by atoms with Crippen LogP contribution in [0.3, 0.4) is 0 Å². The van der Waals surface area contributed by atoms with Crippen LogP contribution in [0.1, 0.15) is 5.56 Å². The van der Waals surface area contributed by atoms with E-state index in [1.165, 1.54) is 18.2 Å². The summed E-state index contributed by atoms with van der Waals surface area (Å²) >= 11 is 3.13. The molecule has 0 N–H and O–H groups in total. The van der Waals surface area contributed by atoms with E-state index in [1.807, 2.05) is 0 Å². The van der Waals surface area contributed by atoms with E-state index in [4.69, 9.17) is 16.9 Å². The van der Waals surface area contributed by atoms with E-state index in [0.29, 0.717) is 5.02 Å². The molecule has 1 unspecified atom stereocenters. The van der Waals surface area contributed by atoms with Crippen molar-refractivity contribution in [1.82, 2.24) is 0 Å². The molecule has 0 radical (unpaired) electrons. The molecule has 0 amide bonds. The van der Waals surface area contributed by atoms with Gasteiger partial charge >= 0.3 is 0 Å². The van der Waals surface area contributed by atoms with Crippen molar-refractivity contribution >= 4 is 22.7 Å². The average Bonchev–Trinajstić information content (AvgIpc) is 2.04. The van der Waals surface area contributed by atoms with Crippen molar-refractivity contribution in [3.05, 3.63) is 28.8 Å². The highest BCUT2D eigenvalue weighted by molar-refractivity contribution is 7.79. The summed E-state index contributed by atoms with van der Waals surface area (Å²) in [4.78, 5) is -0.0648. The molecule has 1 aromatic carbocycles. The van der Waals surface area contributed by atoms with Crippen LogP contribution in [0.15, 0.2) is 23.1 Å². The third-order valence-electron chi connectivity index (χ3n) is 1.24. The number of rotatable bonds is 1. The average molecular weight is 201 g/mol. The molecule has 3 nitrogen and oxygen atoms in total. The maximum atomic E-state index is 10.5. The van der Waals surface area contributed by atoms with Gasteiger partial charge in [0.15, 0.2) is 0 Å². The Morgan fingerprint density at radius 3 is 2.75 bits per heavy atom. The molecular weight excluding hydrogens is 198 g/mol. The van der Waals surface area contributed by atoms with E-state index in [0.717, 1.165) is 0 Å². The second-order valence-electron chi connectivity index (χ2n) is 1.99. The van der Waals surface area contributed by atoms with Gasteiger partial charge in [-0.15, -0.1) is 0 Å². The molecule has 0 aliphatic rings. The summed E-state index contributed by atoms with van der Waals surface area (Å²) in [5.41, 5.74) is 0.104. The molecule has 0 aliphatic carbocycles. The standard InChI is InChI=1S/C7H4ClNO2S/c8-6-2-1-5(4-9)7(3-6)12(10)11/h1-3H,(H,10,11)/p-1. The van der Waals surface area contributed by atoms with E-state index in [1.54, 1.807) is 6.07 Å². The van der Waals surface area contributed by atoms with Crippen LogP contribution < -0.4 is 0 Å². The van der Waals surface area contributed by atoms with Crippen LogP contribution in [0.25, 0.3) is 0 Å². The van der Waals surface area contributed by atoms with E-state index in [-0.39, 0.29) is 10.5 Å². The fourth-order valence-electron chi connectivity index (χ4n) is 0.726. The van der Waals surface area contributed by atoms with Crippen LogP contribution in [0.4, 0.5) is 0 Å². The lowest BCUT2D eigenvalue weighted by Gasteiger charge is -2.06. The second kappa shape index (κ2) is 3.68. The first kappa shape index (κ1) is 9.20. The van der Waals surface area contributed by atoms with Crippen molar-refractivity contribution in [2.24, 2.45) is 0 Å². The Kier molecular flexibility index (Phi) is 2.82. The van der Waals surface area contributed by atoms with Gasteiger partial charge in [-0.3, -0.25) is 4.21 Å². The number of halogens is 1. The van der Waals surface area contributed by atoms with Crippen LogP contribution in [0, 0.1) is 11.3 Å². The van der Waals surface area contributed by atoms with Crippen molar-refractivity contribution in [1.29, 1.82) is 5.26 Å². The van der Waals surface area contributed by atoms with Gasteiger partial charge in [-0.1, -0.05) is 11.6 Å². The van der Waals surface area contributed by atoms with Crippen LogP contribution >= 0.6 is 11.6 Å². The van der Waals surface area contributed by atoms with Gasteiger partial charge < -0.3 is 4.55 Å². The highest BCUT2D eigenvalue weighted by Crippen LogP contribution is 2.17. The van der Waals surface area contributed by atoms with Gasteiger partial charge in [0.2, 0.25) is 0 Å². The molecule has 0 aromatic heterocycles. The zero-order valence-electron chi connectivity index (χ0n) is 5.78. The maximum Gasteiger partial charge on any atom is 0.100 e. The number of hydrogen-bond donors (Lipinski definition) is 0. The largest absolute Gasteiger partial charge is 0.768 e. The lowest BCUT2D eigenvalue weighted by molar-refractivity contribution is 0.537. The second-order valence-corrected chi connectivity index (χ2v) is 3.33. The van der Waals surface area contributed by atoms with Crippen molar-refractivity contribution < 1.29 is 8.76 Å². The summed E-state index contributed by atoms with van der Waals surface area (Å²) in [6.07, 6.45) is 0. The van der Waals surface area contributed by atoms with Gasteiger partial charge in [0.1, 0.15) is 6.07 Å². The minimum atomic E-state index is -2.41. The smallest absolute Gasteiger partial charge is 0.100 e. The molecule has 0 aliphatic heterocycles. The third kappa shape index (κ3) is 1.83. The quantitative estimate of drug-likeness (QED) is 0.645. The molecule has 62 valence electrons. The molecule has 0 saturated carbocycles. The normalized spacial score (nSPS) is 12.1. The Morgan fingerprint density at radius 2 is 2.25 bits per heavy atom. The summed E-state index contributed by atoms with van der Waals surface area (Å²) < 4.78 is 21.0. The van der Waals surface area contributed by atoms with Crippen molar-refractivity contribution in [3.63, 3.8) is 0 Å². The number of benzene rings is 1. The molecule has 0 bridgehead atoms. The van der Waals surface area contributed by atoms with Crippen LogP contribution in [0.2, 0.25) is 5.02 Å². The Hall–Kier alpha value is -0.890. The van der Waals surface area contributed by atoms with Gasteiger partial charge in [-0.25, -0.2) is 0 Å². The predicted octanol–water partition coefficient (Wildman–Crippen LogP) is 1.45. The molecule has 0 spiro atoms. The Morgan fingerprint density at radius 1 is 1.58 bits per heavy atom. The zero-order valence-corrected chi connectivity index (χ0v) is 7.35. The first-order valence-electron chi connectivity index (χ1n) is 2.94. The van der Waals surface area contributed by atoms with Crippen molar-refractivity contribution in [2.45, 2.75) is 4.90 Å². The summed E-state index contributed by atoms with van der Waals surface area (Å²) in [5, 5.41) is 8.79. The number of hydrogen-bond acceptors (Lipinski definition) is 3. The summed E-state index contributed by atoms with van der Waals surface area (Å²) in [6, 6.07) is 5.83. The molecule has 1 aromatic rings. The van der Waals surface area contributed by atoms with E-state index in [9.17, 15) is 8.76 Å². The molecule has 12 heavy (non-hydrogen) atoms. The van der Waals surface area contributed by atoms with Gasteiger partial charge in [-0.05, 0) is 29.3 Å². The predicted molar refractivity (Wildman–Crippen MR) is 43.4 cm³/mol. The molecular formula is C7H3ClNO2S-. The summed E-state index contributed by atoms with van der Waals surface area (Å²) in [5.74, 6) is 0. The van der Waals surface area contributed by atoms with Gasteiger partial charge in [0.25, 0.3) is 0 Å². The molecule has 0 saturated heterocycles. The summed E-state index contributed by atoms with van der Waals surface area (Å²) in [7, 11) is 0. The lowest BCUT2D eigenvalue weighted by atomic mass is 10.2. The fourth-order valence-corrected chi connectivity index (χ4v) is 1.48. The topological polar surface area (TPSA) is 63.9 Å². The minimum absolute atomic E-state index is 0.0648. The SMILES string of the molecule is N#Cc1ccc(Cl)cc1S(=O)[O-]. The van der Waals surface area contributed by atoms with Crippen LogP contribution in [0.5, 0.6) is 0 Å². The first-order valence-corrected chi connectivity index (χ1v) is 4.39. The highest BCUT2D eigenvalue weighted by atomic mass is 35.5. The van der Waals surface area contributed by atoms with Crippen LogP contribution in [-0.2, 0) is 11.1 Å².